The molecule has 0 aliphatic heterocycles. The summed E-state index contributed by atoms with van der Waals surface area (Å²) in [5, 5.41) is 6.92. The topological polar surface area (TPSA) is 56.7 Å². The number of nitrogens with one attached hydrogen (secondary N) is 2. The normalized spacial score (nSPS) is 19.4. The lowest BCUT2D eigenvalue weighted by atomic mass is 10.2. The number of halogens is 1. The molecule has 6 heteroatoms. The van der Waals surface area contributed by atoms with E-state index < -0.39 is 0 Å². The Hall–Kier alpha value is -0.790. The molecule has 2 rings (SSSR count). The third-order valence-corrected chi connectivity index (χ3v) is 3.92. The van der Waals surface area contributed by atoms with Crippen LogP contribution in [-0.4, -0.2) is 49.5 Å². The molecule has 0 bridgehead atoms. The van der Waals surface area contributed by atoms with Crippen LogP contribution in [0.15, 0.2) is 17.1 Å². The molecule has 0 spiro atoms. The van der Waals surface area contributed by atoms with Crippen molar-refractivity contribution in [1.29, 1.82) is 0 Å². The Morgan fingerprint density at radius 2 is 1.71 bits per heavy atom. The average molecular weight is 406 g/mol. The summed E-state index contributed by atoms with van der Waals surface area (Å²) in [4.78, 5) is 17.7. The van der Waals surface area contributed by atoms with E-state index in [-0.39, 0.29) is 36.4 Å². The van der Waals surface area contributed by atoms with Gasteiger partial charge in [0.2, 0.25) is 5.91 Å². The molecule has 21 heavy (non-hydrogen) atoms. The Kier molecular flexibility index (Phi) is 8.06. The number of likely N-dealkylation sites (N-methyl/N-ethyl adjacent to an activating group) is 1. The van der Waals surface area contributed by atoms with Crippen molar-refractivity contribution in [1.82, 2.24) is 15.5 Å². The van der Waals surface area contributed by atoms with Crippen LogP contribution in [0.1, 0.15) is 38.5 Å². The second-order valence-corrected chi connectivity index (χ2v) is 5.86. The van der Waals surface area contributed by atoms with Crippen LogP contribution in [0.5, 0.6) is 0 Å². The average Bonchev–Trinajstić information content (AvgIpc) is 3.08. The predicted octanol–water partition coefficient (Wildman–Crippen LogP) is 1.89. The van der Waals surface area contributed by atoms with Crippen molar-refractivity contribution in [3.63, 3.8) is 0 Å². The zero-order valence-corrected chi connectivity index (χ0v) is 15.3. The Bertz CT molecular complexity index is 375. The maximum Gasteiger partial charge on any atom is 0.243 e. The number of aliphatic imine (C=N–C) groups is 1. The zero-order chi connectivity index (χ0) is 14.4. The molecule has 0 atom stereocenters. The van der Waals surface area contributed by atoms with Crippen LogP contribution in [0.25, 0.3) is 0 Å². The van der Waals surface area contributed by atoms with E-state index in [1.165, 1.54) is 25.7 Å². The van der Waals surface area contributed by atoms with E-state index in [2.05, 4.69) is 27.8 Å². The van der Waals surface area contributed by atoms with Crippen LogP contribution < -0.4 is 10.6 Å². The third kappa shape index (κ3) is 6.23. The number of amides is 1. The van der Waals surface area contributed by atoms with Crippen molar-refractivity contribution in [3.8, 4) is 0 Å². The molecule has 0 aromatic heterocycles. The van der Waals surface area contributed by atoms with Crippen LogP contribution in [0.4, 0.5) is 0 Å². The number of nitrogens with zero attached hydrogens (tertiary/aromatic N) is 2. The molecule has 1 amide bonds. The summed E-state index contributed by atoms with van der Waals surface area (Å²) >= 11 is 0. The molecule has 0 unspecified atom stereocenters. The molecule has 0 saturated heterocycles. The number of hydrogen-bond acceptors (Lipinski definition) is 2. The number of carbonyl (C=O) groups excluding carboxylic acids is 1. The van der Waals surface area contributed by atoms with Gasteiger partial charge < -0.3 is 15.5 Å². The summed E-state index contributed by atoms with van der Waals surface area (Å²) in [6, 6.07) is 0.919. The standard InChI is InChI=1S/C15H26N4O.HI/c1-19(2)14(20)11-16-15(17-12-7-3-4-8-12)18-13-9-5-6-10-13;/h3-4,12-13H,5-11H2,1-2H3,(H2,16,17,18);1H. The van der Waals surface area contributed by atoms with E-state index in [0.717, 1.165) is 18.8 Å². The molecule has 2 N–H and O–H groups in total. The van der Waals surface area contributed by atoms with Crippen LogP contribution in [0.3, 0.4) is 0 Å². The molecular weight excluding hydrogens is 379 g/mol. The van der Waals surface area contributed by atoms with Gasteiger partial charge >= 0.3 is 0 Å². The lowest BCUT2D eigenvalue weighted by Gasteiger charge is -2.21. The summed E-state index contributed by atoms with van der Waals surface area (Å²) in [5.74, 6) is 0.822. The smallest absolute Gasteiger partial charge is 0.243 e. The summed E-state index contributed by atoms with van der Waals surface area (Å²) in [6.45, 7) is 0.204. The summed E-state index contributed by atoms with van der Waals surface area (Å²) in [5.41, 5.74) is 0. The Morgan fingerprint density at radius 1 is 1.14 bits per heavy atom. The van der Waals surface area contributed by atoms with E-state index >= 15 is 0 Å². The van der Waals surface area contributed by atoms with Crippen LogP contribution >= 0.6 is 24.0 Å². The predicted molar refractivity (Wildman–Crippen MR) is 97.1 cm³/mol. The van der Waals surface area contributed by atoms with E-state index in [1.54, 1.807) is 19.0 Å². The van der Waals surface area contributed by atoms with Crippen molar-refractivity contribution in [2.24, 2.45) is 4.99 Å². The monoisotopic (exact) mass is 406 g/mol. The van der Waals surface area contributed by atoms with Gasteiger partial charge in [0, 0.05) is 26.2 Å². The first-order valence-corrected chi connectivity index (χ1v) is 7.58. The molecule has 0 aromatic carbocycles. The Morgan fingerprint density at radius 3 is 2.29 bits per heavy atom. The number of hydrogen-bond donors (Lipinski definition) is 2. The Balaban J connectivity index is 0.00000220. The fourth-order valence-electron chi connectivity index (χ4n) is 2.61. The molecule has 2 aliphatic carbocycles. The fraction of sp³-hybridized carbons (Fsp3) is 0.733. The number of rotatable bonds is 4. The highest BCUT2D eigenvalue weighted by Crippen LogP contribution is 2.17. The highest BCUT2D eigenvalue weighted by Gasteiger charge is 2.18. The molecule has 2 aliphatic rings. The first kappa shape index (κ1) is 18.3. The van der Waals surface area contributed by atoms with Gasteiger partial charge in [-0.25, -0.2) is 4.99 Å². The molecule has 0 aromatic rings. The highest BCUT2D eigenvalue weighted by molar-refractivity contribution is 14.0. The van der Waals surface area contributed by atoms with Crippen molar-refractivity contribution in [3.05, 3.63) is 12.2 Å². The lowest BCUT2D eigenvalue weighted by molar-refractivity contribution is -0.127. The molecule has 0 heterocycles. The molecule has 0 radical (unpaired) electrons. The fourth-order valence-corrected chi connectivity index (χ4v) is 2.61. The van der Waals surface area contributed by atoms with E-state index in [0.29, 0.717) is 12.1 Å². The largest absolute Gasteiger partial charge is 0.354 e. The van der Waals surface area contributed by atoms with Crippen LogP contribution in [0.2, 0.25) is 0 Å². The van der Waals surface area contributed by atoms with Crippen molar-refractivity contribution >= 4 is 35.8 Å². The molecule has 1 saturated carbocycles. The van der Waals surface area contributed by atoms with Gasteiger partial charge in [-0.1, -0.05) is 25.0 Å². The summed E-state index contributed by atoms with van der Waals surface area (Å²) in [7, 11) is 3.52. The SMILES string of the molecule is CN(C)C(=O)CN=C(NC1CC=CC1)NC1CCCC1.I. The van der Waals surface area contributed by atoms with Gasteiger partial charge in [-0.3, -0.25) is 4.79 Å². The van der Waals surface area contributed by atoms with Crippen LogP contribution in [0, 0.1) is 0 Å². The maximum atomic E-state index is 11.7. The molecule has 1 fully saturated rings. The first-order valence-electron chi connectivity index (χ1n) is 7.58. The summed E-state index contributed by atoms with van der Waals surface area (Å²) < 4.78 is 0. The van der Waals surface area contributed by atoms with E-state index in [1.807, 2.05) is 0 Å². The minimum atomic E-state index is 0. The molecule has 5 nitrogen and oxygen atoms in total. The van der Waals surface area contributed by atoms with Gasteiger partial charge in [-0.05, 0) is 25.7 Å². The second kappa shape index (κ2) is 9.27. The highest BCUT2D eigenvalue weighted by atomic mass is 127. The maximum absolute atomic E-state index is 11.7. The van der Waals surface area contributed by atoms with Gasteiger partial charge in [0.05, 0.1) is 0 Å². The van der Waals surface area contributed by atoms with Crippen molar-refractivity contribution < 1.29 is 4.79 Å². The molecular formula is C15H27IN4O. The number of guanidine groups is 1. The number of carbonyl (C=O) groups is 1. The minimum absolute atomic E-state index is 0. The van der Waals surface area contributed by atoms with Gasteiger partial charge in [0.15, 0.2) is 5.96 Å². The van der Waals surface area contributed by atoms with E-state index in [4.69, 9.17) is 0 Å². The van der Waals surface area contributed by atoms with Crippen LogP contribution in [-0.2, 0) is 4.79 Å². The van der Waals surface area contributed by atoms with Gasteiger partial charge in [0.1, 0.15) is 6.54 Å². The summed E-state index contributed by atoms with van der Waals surface area (Å²) in [6.07, 6.45) is 11.4. The lowest BCUT2D eigenvalue weighted by Crippen LogP contribution is -2.46. The van der Waals surface area contributed by atoms with Gasteiger partial charge in [-0.15, -0.1) is 24.0 Å². The van der Waals surface area contributed by atoms with Gasteiger partial charge in [0.25, 0.3) is 0 Å². The van der Waals surface area contributed by atoms with Gasteiger partial charge in [-0.2, -0.15) is 0 Å². The second-order valence-electron chi connectivity index (χ2n) is 5.86. The minimum Gasteiger partial charge on any atom is -0.354 e. The van der Waals surface area contributed by atoms with Crippen molar-refractivity contribution in [2.75, 3.05) is 20.6 Å². The first-order chi connectivity index (χ1) is 9.65. The third-order valence-electron chi connectivity index (χ3n) is 3.92. The zero-order valence-electron chi connectivity index (χ0n) is 13.0. The Labute approximate surface area is 144 Å². The van der Waals surface area contributed by atoms with Crippen molar-refractivity contribution in [2.45, 2.75) is 50.6 Å². The quantitative estimate of drug-likeness (QED) is 0.325. The van der Waals surface area contributed by atoms with E-state index in [9.17, 15) is 4.79 Å². The molecule has 120 valence electrons.